The molecule has 1 aliphatic rings. The van der Waals surface area contributed by atoms with E-state index in [-0.39, 0.29) is 12.0 Å². The number of aliphatic imine (C=N–C) groups is 1. The Bertz CT molecular complexity index is 616. The highest BCUT2D eigenvalue weighted by Gasteiger charge is 2.29. The first kappa shape index (κ1) is 17.7. The van der Waals surface area contributed by atoms with Crippen LogP contribution in [0.3, 0.4) is 0 Å². The van der Waals surface area contributed by atoms with Crippen molar-refractivity contribution < 1.29 is 8.42 Å². The molecule has 6 nitrogen and oxygen atoms in total. The number of guanidine groups is 1. The highest BCUT2D eigenvalue weighted by Crippen LogP contribution is 2.26. The van der Waals surface area contributed by atoms with E-state index in [2.05, 4.69) is 27.2 Å². The minimum absolute atomic E-state index is 0.0223. The fourth-order valence-electron chi connectivity index (χ4n) is 2.94. The Morgan fingerprint density at radius 3 is 2.74 bits per heavy atom. The second kappa shape index (κ2) is 8.31. The third-order valence-corrected chi connectivity index (χ3v) is 4.81. The zero-order valence-electron chi connectivity index (χ0n) is 13.5. The minimum atomic E-state index is -3.17. The van der Waals surface area contributed by atoms with Crippen LogP contribution in [0.15, 0.2) is 35.3 Å². The van der Waals surface area contributed by atoms with Crippen LogP contribution in [-0.4, -0.2) is 39.8 Å². The van der Waals surface area contributed by atoms with E-state index in [9.17, 15) is 8.42 Å². The Hall–Kier alpha value is -1.60. The predicted molar refractivity (Wildman–Crippen MR) is 93.7 cm³/mol. The van der Waals surface area contributed by atoms with Gasteiger partial charge in [-0.15, -0.1) is 0 Å². The number of nitrogens with one attached hydrogen (secondary N) is 2. The molecule has 1 fully saturated rings. The van der Waals surface area contributed by atoms with Crippen LogP contribution >= 0.6 is 0 Å². The van der Waals surface area contributed by atoms with Crippen molar-refractivity contribution in [3.05, 3.63) is 35.9 Å². The van der Waals surface area contributed by atoms with Crippen molar-refractivity contribution in [2.75, 3.05) is 19.3 Å². The van der Waals surface area contributed by atoms with Crippen LogP contribution < -0.4 is 15.8 Å². The van der Waals surface area contributed by atoms with Crippen molar-refractivity contribution in [3.8, 4) is 0 Å². The summed E-state index contributed by atoms with van der Waals surface area (Å²) in [6, 6.07) is 10.2. The van der Waals surface area contributed by atoms with E-state index < -0.39 is 10.0 Å². The van der Waals surface area contributed by atoms with Gasteiger partial charge >= 0.3 is 0 Å². The van der Waals surface area contributed by atoms with Gasteiger partial charge in [0, 0.05) is 19.1 Å². The zero-order chi connectivity index (χ0) is 16.7. The first-order valence-corrected chi connectivity index (χ1v) is 9.88. The maximum Gasteiger partial charge on any atom is 0.208 e. The van der Waals surface area contributed by atoms with E-state index in [0.717, 1.165) is 32.2 Å². The van der Waals surface area contributed by atoms with Crippen LogP contribution in [0.4, 0.5) is 0 Å². The predicted octanol–water partition coefficient (Wildman–Crippen LogP) is 0.851. The number of sulfonamides is 1. The van der Waals surface area contributed by atoms with Crippen molar-refractivity contribution in [1.82, 2.24) is 10.0 Å². The largest absolute Gasteiger partial charge is 0.370 e. The lowest BCUT2D eigenvalue weighted by Crippen LogP contribution is -2.38. The van der Waals surface area contributed by atoms with E-state index >= 15 is 0 Å². The second-order valence-corrected chi connectivity index (χ2v) is 7.86. The number of benzene rings is 1. The number of nitrogens with two attached hydrogens (primary N) is 1. The minimum Gasteiger partial charge on any atom is -0.370 e. The number of hydrogen-bond acceptors (Lipinski definition) is 3. The van der Waals surface area contributed by atoms with Gasteiger partial charge in [0.25, 0.3) is 0 Å². The van der Waals surface area contributed by atoms with Gasteiger partial charge in [-0.1, -0.05) is 36.8 Å². The van der Waals surface area contributed by atoms with Gasteiger partial charge in [-0.05, 0) is 30.7 Å². The fraction of sp³-hybridized carbons (Fsp3) is 0.562. The van der Waals surface area contributed by atoms with Crippen LogP contribution in [0.25, 0.3) is 0 Å². The Labute approximate surface area is 138 Å². The molecule has 2 unspecified atom stereocenters. The SMILES string of the molecule is CS(=O)(=O)NC1CCCC1CN=C(N)NCCc1ccccc1. The Morgan fingerprint density at radius 2 is 2.04 bits per heavy atom. The molecule has 0 saturated heterocycles. The van der Waals surface area contributed by atoms with Crippen molar-refractivity contribution in [2.24, 2.45) is 16.6 Å². The number of hydrogen-bond donors (Lipinski definition) is 3. The van der Waals surface area contributed by atoms with Crippen LogP contribution in [0, 0.1) is 5.92 Å². The molecular formula is C16H26N4O2S. The lowest BCUT2D eigenvalue weighted by molar-refractivity contribution is 0.454. The third-order valence-electron chi connectivity index (χ3n) is 4.08. The molecule has 23 heavy (non-hydrogen) atoms. The van der Waals surface area contributed by atoms with Crippen molar-refractivity contribution in [2.45, 2.75) is 31.7 Å². The van der Waals surface area contributed by atoms with E-state index in [0.29, 0.717) is 12.5 Å². The number of nitrogens with zero attached hydrogens (tertiary/aromatic N) is 1. The Morgan fingerprint density at radius 1 is 1.30 bits per heavy atom. The first-order valence-electron chi connectivity index (χ1n) is 7.99. The lowest BCUT2D eigenvalue weighted by atomic mass is 10.1. The van der Waals surface area contributed by atoms with Gasteiger partial charge < -0.3 is 11.1 Å². The molecule has 1 aromatic rings. The van der Waals surface area contributed by atoms with E-state index in [4.69, 9.17) is 5.73 Å². The molecule has 4 N–H and O–H groups in total. The molecule has 0 bridgehead atoms. The monoisotopic (exact) mass is 338 g/mol. The lowest BCUT2D eigenvalue weighted by Gasteiger charge is -2.18. The summed E-state index contributed by atoms with van der Waals surface area (Å²) in [6.07, 6.45) is 4.96. The summed E-state index contributed by atoms with van der Waals surface area (Å²) in [7, 11) is -3.17. The molecule has 2 atom stereocenters. The molecule has 0 heterocycles. The smallest absolute Gasteiger partial charge is 0.208 e. The average molecular weight is 338 g/mol. The maximum absolute atomic E-state index is 11.4. The molecule has 1 saturated carbocycles. The van der Waals surface area contributed by atoms with Crippen molar-refractivity contribution in [1.29, 1.82) is 0 Å². The van der Waals surface area contributed by atoms with Gasteiger partial charge in [0.15, 0.2) is 5.96 Å². The summed E-state index contributed by atoms with van der Waals surface area (Å²) in [5.74, 6) is 0.644. The van der Waals surface area contributed by atoms with Gasteiger partial charge in [-0.2, -0.15) is 0 Å². The van der Waals surface area contributed by atoms with E-state index in [1.165, 1.54) is 11.8 Å². The quantitative estimate of drug-likeness (QED) is 0.507. The van der Waals surface area contributed by atoms with Crippen molar-refractivity contribution in [3.63, 3.8) is 0 Å². The van der Waals surface area contributed by atoms with Crippen LogP contribution in [-0.2, 0) is 16.4 Å². The summed E-state index contributed by atoms with van der Waals surface area (Å²) < 4.78 is 25.4. The fourth-order valence-corrected chi connectivity index (χ4v) is 3.80. The maximum atomic E-state index is 11.4. The van der Waals surface area contributed by atoms with Gasteiger partial charge in [0.1, 0.15) is 0 Å². The molecule has 2 rings (SSSR count). The van der Waals surface area contributed by atoms with E-state index in [1.54, 1.807) is 0 Å². The molecule has 1 aliphatic carbocycles. The molecule has 0 aliphatic heterocycles. The molecule has 0 spiro atoms. The standard InChI is InChI=1S/C16H26N4O2S/c1-23(21,22)20-15-9-5-8-14(15)12-19-16(17)18-11-10-13-6-3-2-4-7-13/h2-4,6-7,14-15,20H,5,8-12H2,1H3,(H3,17,18,19). The summed E-state index contributed by atoms with van der Waals surface area (Å²) in [5.41, 5.74) is 7.14. The Balaban J connectivity index is 1.75. The molecule has 128 valence electrons. The number of rotatable bonds is 7. The van der Waals surface area contributed by atoms with Gasteiger partial charge in [0.2, 0.25) is 10.0 Å². The summed E-state index contributed by atoms with van der Waals surface area (Å²) >= 11 is 0. The zero-order valence-corrected chi connectivity index (χ0v) is 14.3. The topological polar surface area (TPSA) is 96.6 Å². The normalized spacial score (nSPS) is 22.2. The van der Waals surface area contributed by atoms with Crippen LogP contribution in [0.5, 0.6) is 0 Å². The highest BCUT2D eigenvalue weighted by molar-refractivity contribution is 7.88. The average Bonchev–Trinajstić information content (AvgIpc) is 2.91. The molecule has 0 aromatic heterocycles. The summed E-state index contributed by atoms with van der Waals surface area (Å²) in [6.45, 7) is 1.28. The molecule has 1 aromatic carbocycles. The highest BCUT2D eigenvalue weighted by atomic mass is 32.2. The van der Waals surface area contributed by atoms with Gasteiger partial charge in [0.05, 0.1) is 6.26 Å². The molecule has 7 heteroatoms. The summed E-state index contributed by atoms with van der Waals surface area (Å²) in [4.78, 5) is 4.37. The third kappa shape index (κ3) is 6.58. The Kier molecular flexibility index (Phi) is 6.41. The van der Waals surface area contributed by atoms with Gasteiger partial charge in [-0.3, -0.25) is 4.99 Å². The second-order valence-electron chi connectivity index (χ2n) is 6.08. The summed E-state index contributed by atoms with van der Waals surface area (Å²) in [5, 5.41) is 3.11. The first-order chi connectivity index (χ1) is 10.9. The molecule has 0 amide bonds. The van der Waals surface area contributed by atoms with Gasteiger partial charge in [-0.25, -0.2) is 13.1 Å². The van der Waals surface area contributed by atoms with Crippen LogP contribution in [0.1, 0.15) is 24.8 Å². The van der Waals surface area contributed by atoms with Crippen LogP contribution in [0.2, 0.25) is 0 Å². The molecular weight excluding hydrogens is 312 g/mol. The molecule has 0 radical (unpaired) electrons. The van der Waals surface area contributed by atoms with E-state index in [1.807, 2.05) is 18.2 Å². The van der Waals surface area contributed by atoms with Crippen molar-refractivity contribution >= 4 is 16.0 Å².